The smallest absolute Gasteiger partial charge is 0.00951 e. The van der Waals surface area contributed by atoms with Gasteiger partial charge in [-0.1, -0.05) is 32.6 Å². The summed E-state index contributed by atoms with van der Waals surface area (Å²) in [5, 5.41) is 3.61. The molecular weight excluding hydrogens is 232 g/mol. The van der Waals surface area contributed by atoms with Crippen LogP contribution in [0.25, 0.3) is 0 Å². The van der Waals surface area contributed by atoms with Crippen molar-refractivity contribution in [1.29, 1.82) is 0 Å². The van der Waals surface area contributed by atoms with Gasteiger partial charge in [-0.3, -0.25) is 0 Å². The van der Waals surface area contributed by atoms with Crippen molar-refractivity contribution in [2.75, 3.05) is 19.6 Å². The van der Waals surface area contributed by atoms with Crippen LogP contribution in [0.5, 0.6) is 0 Å². The van der Waals surface area contributed by atoms with Crippen molar-refractivity contribution in [1.82, 2.24) is 10.2 Å². The molecule has 0 aromatic rings. The molecule has 0 amide bonds. The maximum atomic E-state index is 3.61. The molecule has 1 atom stereocenters. The zero-order valence-corrected chi connectivity index (χ0v) is 13.0. The number of likely N-dealkylation sites (tertiary alicyclic amines) is 1. The zero-order valence-electron chi connectivity index (χ0n) is 13.0. The van der Waals surface area contributed by atoms with Crippen LogP contribution in [0.15, 0.2) is 0 Å². The van der Waals surface area contributed by atoms with Crippen molar-refractivity contribution in [3.63, 3.8) is 0 Å². The molecule has 2 nitrogen and oxygen atoms in total. The fourth-order valence-electron chi connectivity index (χ4n) is 3.40. The Morgan fingerprint density at radius 2 is 1.84 bits per heavy atom. The normalized spacial score (nSPS) is 24.8. The Bertz CT molecular complexity index is 223. The predicted molar refractivity (Wildman–Crippen MR) is 83.6 cm³/mol. The third-order valence-electron chi connectivity index (χ3n) is 4.75. The van der Waals surface area contributed by atoms with E-state index in [2.05, 4.69) is 17.1 Å². The van der Waals surface area contributed by atoms with E-state index in [1.165, 1.54) is 90.3 Å². The maximum absolute atomic E-state index is 3.61. The van der Waals surface area contributed by atoms with Crippen molar-refractivity contribution < 1.29 is 0 Å². The van der Waals surface area contributed by atoms with Gasteiger partial charge in [-0.2, -0.15) is 0 Å². The van der Waals surface area contributed by atoms with Crippen LogP contribution in [-0.4, -0.2) is 36.6 Å². The van der Waals surface area contributed by atoms with Gasteiger partial charge in [0.25, 0.3) is 0 Å². The van der Waals surface area contributed by atoms with Crippen molar-refractivity contribution in [2.24, 2.45) is 0 Å². The van der Waals surface area contributed by atoms with E-state index in [1.54, 1.807) is 0 Å². The van der Waals surface area contributed by atoms with Crippen LogP contribution in [0, 0.1) is 0 Å². The summed E-state index contributed by atoms with van der Waals surface area (Å²) in [6.45, 7) is 6.32. The van der Waals surface area contributed by atoms with Gasteiger partial charge >= 0.3 is 0 Å². The molecule has 0 aromatic heterocycles. The fraction of sp³-hybridized carbons (Fsp3) is 1.00. The first-order chi connectivity index (χ1) is 9.40. The van der Waals surface area contributed by atoms with Gasteiger partial charge in [0.05, 0.1) is 0 Å². The molecule has 0 spiro atoms. The molecule has 2 aliphatic rings. The number of hydrogen-bond donors (Lipinski definition) is 1. The molecule has 112 valence electrons. The Kier molecular flexibility index (Phi) is 7.23. The summed E-state index contributed by atoms with van der Waals surface area (Å²) < 4.78 is 0. The highest BCUT2D eigenvalue weighted by molar-refractivity contribution is 4.80. The van der Waals surface area contributed by atoms with Gasteiger partial charge in [0, 0.05) is 12.1 Å². The molecule has 1 aliphatic carbocycles. The van der Waals surface area contributed by atoms with Crippen LogP contribution in [0.3, 0.4) is 0 Å². The van der Waals surface area contributed by atoms with Crippen LogP contribution in [0.4, 0.5) is 0 Å². The zero-order chi connectivity index (χ0) is 13.3. The summed E-state index contributed by atoms with van der Waals surface area (Å²) in [7, 11) is 0. The number of unbranched alkanes of at least 4 members (excludes halogenated alkanes) is 3. The first-order valence-electron chi connectivity index (χ1n) is 8.87. The average molecular weight is 266 g/mol. The summed E-state index contributed by atoms with van der Waals surface area (Å²) in [6.07, 6.45) is 15.6. The van der Waals surface area contributed by atoms with Crippen LogP contribution < -0.4 is 5.32 Å². The Balaban J connectivity index is 1.46. The summed E-state index contributed by atoms with van der Waals surface area (Å²) in [5.41, 5.74) is 0. The van der Waals surface area contributed by atoms with Crippen molar-refractivity contribution in [3.05, 3.63) is 0 Å². The van der Waals surface area contributed by atoms with E-state index in [-0.39, 0.29) is 0 Å². The molecular formula is C17H34N2. The van der Waals surface area contributed by atoms with E-state index in [1.807, 2.05) is 0 Å². The molecule has 1 saturated carbocycles. The van der Waals surface area contributed by atoms with E-state index in [0.29, 0.717) is 0 Å². The topological polar surface area (TPSA) is 15.3 Å². The number of nitrogens with zero attached hydrogens (tertiary/aromatic N) is 1. The highest BCUT2D eigenvalue weighted by Gasteiger charge is 2.21. The van der Waals surface area contributed by atoms with E-state index in [9.17, 15) is 0 Å². The van der Waals surface area contributed by atoms with Crippen molar-refractivity contribution in [3.8, 4) is 0 Å². The van der Waals surface area contributed by atoms with Crippen LogP contribution in [0.2, 0.25) is 0 Å². The number of nitrogens with one attached hydrogen (secondary N) is 1. The van der Waals surface area contributed by atoms with Crippen molar-refractivity contribution >= 4 is 0 Å². The van der Waals surface area contributed by atoms with Gasteiger partial charge < -0.3 is 10.2 Å². The molecule has 1 N–H and O–H groups in total. The molecule has 1 aliphatic heterocycles. The Hall–Kier alpha value is -0.0800. The van der Waals surface area contributed by atoms with Crippen LogP contribution in [-0.2, 0) is 0 Å². The predicted octanol–water partition coefficient (Wildman–Crippen LogP) is 3.95. The van der Waals surface area contributed by atoms with Crippen LogP contribution >= 0.6 is 0 Å². The molecule has 19 heavy (non-hydrogen) atoms. The van der Waals surface area contributed by atoms with Crippen molar-refractivity contribution in [2.45, 2.75) is 89.6 Å². The lowest BCUT2D eigenvalue weighted by Gasteiger charge is -2.35. The minimum absolute atomic E-state index is 0.892. The summed E-state index contributed by atoms with van der Waals surface area (Å²) >= 11 is 0. The van der Waals surface area contributed by atoms with E-state index < -0.39 is 0 Å². The standard InChI is InChI=1S/C17H34N2/c1-2-9-17-10-5-8-15-19(17)14-7-4-3-6-13-18-16-11-12-16/h16-18H,2-15H2,1H3. The molecule has 0 radical (unpaired) electrons. The van der Waals surface area contributed by atoms with Gasteiger partial charge in [0.2, 0.25) is 0 Å². The fourth-order valence-corrected chi connectivity index (χ4v) is 3.40. The third kappa shape index (κ3) is 6.27. The molecule has 0 aromatic carbocycles. The average Bonchev–Trinajstić information content (AvgIpc) is 3.24. The molecule has 1 saturated heterocycles. The molecule has 0 bridgehead atoms. The highest BCUT2D eigenvalue weighted by atomic mass is 15.2. The lowest BCUT2D eigenvalue weighted by atomic mass is 9.98. The Morgan fingerprint density at radius 3 is 2.63 bits per heavy atom. The number of hydrogen-bond acceptors (Lipinski definition) is 2. The van der Waals surface area contributed by atoms with Gasteiger partial charge in [0.1, 0.15) is 0 Å². The van der Waals surface area contributed by atoms with E-state index >= 15 is 0 Å². The largest absolute Gasteiger partial charge is 0.314 e. The molecule has 1 unspecified atom stereocenters. The second kappa shape index (κ2) is 8.97. The molecule has 2 fully saturated rings. The first kappa shape index (κ1) is 15.3. The second-order valence-electron chi connectivity index (χ2n) is 6.62. The summed E-state index contributed by atoms with van der Waals surface area (Å²) in [6, 6.07) is 1.80. The first-order valence-corrected chi connectivity index (χ1v) is 8.87. The highest BCUT2D eigenvalue weighted by Crippen LogP contribution is 2.21. The number of piperidine rings is 1. The van der Waals surface area contributed by atoms with Gasteiger partial charge in [0.15, 0.2) is 0 Å². The van der Waals surface area contributed by atoms with E-state index in [0.717, 1.165) is 12.1 Å². The van der Waals surface area contributed by atoms with Crippen LogP contribution in [0.1, 0.15) is 77.6 Å². The Morgan fingerprint density at radius 1 is 1.00 bits per heavy atom. The quantitative estimate of drug-likeness (QED) is 0.602. The van der Waals surface area contributed by atoms with Gasteiger partial charge in [-0.25, -0.2) is 0 Å². The molecule has 2 rings (SSSR count). The molecule has 2 heteroatoms. The lowest BCUT2D eigenvalue weighted by molar-refractivity contribution is 0.137. The Labute approximate surface area is 120 Å². The van der Waals surface area contributed by atoms with Gasteiger partial charge in [-0.15, -0.1) is 0 Å². The lowest BCUT2D eigenvalue weighted by Crippen LogP contribution is -2.39. The minimum Gasteiger partial charge on any atom is -0.314 e. The third-order valence-corrected chi connectivity index (χ3v) is 4.75. The summed E-state index contributed by atoms with van der Waals surface area (Å²) in [5.74, 6) is 0. The number of rotatable bonds is 10. The summed E-state index contributed by atoms with van der Waals surface area (Å²) in [4.78, 5) is 2.79. The van der Waals surface area contributed by atoms with E-state index in [4.69, 9.17) is 0 Å². The minimum atomic E-state index is 0.892. The second-order valence-corrected chi connectivity index (χ2v) is 6.62. The van der Waals surface area contributed by atoms with Gasteiger partial charge in [-0.05, 0) is 64.6 Å². The monoisotopic (exact) mass is 266 g/mol. The molecule has 1 heterocycles. The maximum Gasteiger partial charge on any atom is 0.00951 e. The SMILES string of the molecule is CCCC1CCCCN1CCCCCCNC1CC1.